The van der Waals surface area contributed by atoms with E-state index in [0.29, 0.717) is 0 Å². The van der Waals surface area contributed by atoms with Gasteiger partial charge in [0.15, 0.2) is 0 Å². The summed E-state index contributed by atoms with van der Waals surface area (Å²) in [4.78, 5) is 0. The Labute approximate surface area is 110 Å². The number of halogens is 1. The fraction of sp³-hybridized carbons (Fsp3) is 0.538. The third-order valence-electron chi connectivity index (χ3n) is 3.48. The maximum Gasteiger partial charge on any atom is 0.133 e. The molecule has 1 heterocycles. The molecule has 0 spiro atoms. The quantitative estimate of drug-likeness (QED) is 0.901. The normalized spacial score (nSPS) is 23.4. The van der Waals surface area contributed by atoms with Crippen LogP contribution < -0.4 is 10.1 Å². The van der Waals surface area contributed by atoms with Crippen LogP contribution in [-0.2, 0) is 5.60 Å². The minimum atomic E-state index is -0.842. The summed E-state index contributed by atoms with van der Waals surface area (Å²) in [6, 6.07) is 5.86. The molecule has 17 heavy (non-hydrogen) atoms. The molecule has 1 saturated heterocycles. The smallest absolute Gasteiger partial charge is 0.133 e. The highest BCUT2D eigenvalue weighted by molar-refractivity contribution is 9.10. The topological polar surface area (TPSA) is 41.5 Å². The molecule has 0 aromatic heterocycles. The third-order valence-corrected chi connectivity index (χ3v) is 4.09. The minimum Gasteiger partial charge on any atom is -0.496 e. The number of methoxy groups -OCH3 is 1. The number of rotatable bonds is 3. The summed E-state index contributed by atoms with van der Waals surface area (Å²) in [5, 5.41) is 14.0. The molecule has 4 heteroatoms. The molecule has 1 aliphatic heterocycles. The van der Waals surface area contributed by atoms with Crippen LogP contribution in [0.3, 0.4) is 0 Å². The second kappa shape index (κ2) is 4.96. The second-order valence-electron chi connectivity index (χ2n) is 4.65. The molecular formula is C13H18BrNO2. The van der Waals surface area contributed by atoms with E-state index < -0.39 is 5.60 Å². The third kappa shape index (κ3) is 2.49. The number of benzene rings is 1. The van der Waals surface area contributed by atoms with Gasteiger partial charge in [-0.3, -0.25) is 0 Å². The Morgan fingerprint density at radius 1 is 1.53 bits per heavy atom. The maximum absolute atomic E-state index is 10.6. The van der Waals surface area contributed by atoms with E-state index >= 15 is 0 Å². The van der Waals surface area contributed by atoms with Crippen molar-refractivity contribution in [3.63, 3.8) is 0 Å². The van der Waals surface area contributed by atoms with Crippen LogP contribution in [0.1, 0.15) is 25.3 Å². The summed E-state index contributed by atoms with van der Waals surface area (Å²) in [6.45, 7) is 2.85. The van der Waals surface area contributed by atoms with E-state index in [0.717, 1.165) is 35.2 Å². The van der Waals surface area contributed by atoms with E-state index in [-0.39, 0.29) is 6.04 Å². The van der Waals surface area contributed by atoms with Crippen LogP contribution in [0, 0.1) is 0 Å². The standard InChI is InChI=1S/C13H18BrNO2/c1-13(16,12-4-3-7-15-12)9-5-6-11(17-2)10(14)8-9/h5-6,8,12,15-16H,3-4,7H2,1-2H3. The molecule has 0 aliphatic carbocycles. The van der Waals surface area contributed by atoms with E-state index in [4.69, 9.17) is 4.74 Å². The first-order chi connectivity index (χ1) is 8.05. The highest BCUT2D eigenvalue weighted by Gasteiger charge is 2.35. The van der Waals surface area contributed by atoms with Crippen LogP contribution in [0.4, 0.5) is 0 Å². The zero-order valence-electron chi connectivity index (χ0n) is 10.2. The first-order valence-electron chi connectivity index (χ1n) is 5.85. The average Bonchev–Trinajstić information content (AvgIpc) is 2.83. The molecule has 2 N–H and O–H groups in total. The van der Waals surface area contributed by atoms with Crippen molar-refractivity contribution in [2.45, 2.75) is 31.4 Å². The van der Waals surface area contributed by atoms with Gasteiger partial charge in [0.2, 0.25) is 0 Å². The predicted molar refractivity (Wildman–Crippen MR) is 71.3 cm³/mol. The van der Waals surface area contributed by atoms with Gasteiger partial charge in [-0.1, -0.05) is 6.07 Å². The Balaban J connectivity index is 2.29. The van der Waals surface area contributed by atoms with Crippen LogP contribution in [0.25, 0.3) is 0 Å². The number of hydrogen-bond donors (Lipinski definition) is 2. The van der Waals surface area contributed by atoms with E-state index in [2.05, 4.69) is 21.2 Å². The fourth-order valence-electron chi connectivity index (χ4n) is 2.35. The molecule has 94 valence electrons. The van der Waals surface area contributed by atoms with Gasteiger partial charge < -0.3 is 15.2 Å². The van der Waals surface area contributed by atoms with Gasteiger partial charge in [-0.15, -0.1) is 0 Å². The minimum absolute atomic E-state index is 0.128. The number of ether oxygens (including phenoxy) is 1. The van der Waals surface area contributed by atoms with Crippen molar-refractivity contribution in [1.29, 1.82) is 0 Å². The number of nitrogens with one attached hydrogen (secondary N) is 1. The Morgan fingerprint density at radius 2 is 2.29 bits per heavy atom. The molecule has 1 aliphatic rings. The van der Waals surface area contributed by atoms with Crippen molar-refractivity contribution in [3.8, 4) is 5.75 Å². The van der Waals surface area contributed by atoms with Gasteiger partial charge in [-0.25, -0.2) is 0 Å². The lowest BCUT2D eigenvalue weighted by Gasteiger charge is -2.31. The van der Waals surface area contributed by atoms with Gasteiger partial charge in [0.25, 0.3) is 0 Å². The molecule has 1 fully saturated rings. The van der Waals surface area contributed by atoms with Crippen molar-refractivity contribution in [3.05, 3.63) is 28.2 Å². The number of hydrogen-bond acceptors (Lipinski definition) is 3. The van der Waals surface area contributed by atoms with Crippen molar-refractivity contribution < 1.29 is 9.84 Å². The summed E-state index contributed by atoms with van der Waals surface area (Å²) < 4.78 is 6.07. The number of aliphatic hydroxyl groups is 1. The zero-order valence-corrected chi connectivity index (χ0v) is 11.8. The molecule has 3 nitrogen and oxygen atoms in total. The molecule has 0 radical (unpaired) electrons. The Morgan fingerprint density at radius 3 is 2.82 bits per heavy atom. The summed E-state index contributed by atoms with van der Waals surface area (Å²) >= 11 is 3.45. The van der Waals surface area contributed by atoms with Gasteiger partial charge in [0, 0.05) is 6.04 Å². The largest absolute Gasteiger partial charge is 0.496 e. The van der Waals surface area contributed by atoms with Crippen LogP contribution in [0.5, 0.6) is 5.75 Å². The van der Waals surface area contributed by atoms with Gasteiger partial charge in [0.05, 0.1) is 11.6 Å². The van der Waals surface area contributed by atoms with Crippen LogP contribution >= 0.6 is 15.9 Å². The molecule has 0 saturated carbocycles. The lowest BCUT2D eigenvalue weighted by Crippen LogP contribution is -2.42. The molecule has 0 bridgehead atoms. The molecule has 2 atom stereocenters. The molecular weight excluding hydrogens is 282 g/mol. The monoisotopic (exact) mass is 299 g/mol. The van der Waals surface area contributed by atoms with Crippen LogP contribution in [0.2, 0.25) is 0 Å². The first-order valence-corrected chi connectivity index (χ1v) is 6.65. The molecule has 0 amide bonds. The zero-order chi connectivity index (χ0) is 12.5. The second-order valence-corrected chi connectivity index (χ2v) is 5.50. The van der Waals surface area contributed by atoms with E-state index in [9.17, 15) is 5.11 Å². The molecule has 1 aromatic carbocycles. The summed E-state index contributed by atoms with van der Waals surface area (Å²) in [6.07, 6.45) is 2.13. The Kier molecular flexibility index (Phi) is 3.76. The molecule has 1 aromatic rings. The maximum atomic E-state index is 10.6. The van der Waals surface area contributed by atoms with Gasteiger partial charge in [-0.2, -0.15) is 0 Å². The fourth-order valence-corrected chi connectivity index (χ4v) is 2.89. The lowest BCUT2D eigenvalue weighted by atomic mass is 9.87. The predicted octanol–water partition coefficient (Wildman–Crippen LogP) is 2.42. The van der Waals surface area contributed by atoms with Crippen LogP contribution in [0.15, 0.2) is 22.7 Å². The van der Waals surface area contributed by atoms with Crippen molar-refractivity contribution in [1.82, 2.24) is 5.32 Å². The van der Waals surface area contributed by atoms with Crippen molar-refractivity contribution in [2.24, 2.45) is 0 Å². The average molecular weight is 300 g/mol. The van der Waals surface area contributed by atoms with Crippen molar-refractivity contribution >= 4 is 15.9 Å². The van der Waals surface area contributed by atoms with Gasteiger partial charge in [-0.05, 0) is 59.9 Å². The van der Waals surface area contributed by atoms with E-state index in [1.165, 1.54) is 0 Å². The SMILES string of the molecule is COc1ccc(C(C)(O)C2CCCN2)cc1Br. The van der Waals surface area contributed by atoms with Crippen molar-refractivity contribution in [2.75, 3.05) is 13.7 Å². The van der Waals surface area contributed by atoms with E-state index in [1.807, 2.05) is 25.1 Å². The van der Waals surface area contributed by atoms with Gasteiger partial charge >= 0.3 is 0 Å². The Bertz CT molecular complexity index is 400. The molecule has 2 rings (SSSR count). The lowest BCUT2D eigenvalue weighted by molar-refractivity contribution is 0.0217. The first kappa shape index (κ1) is 12.9. The summed E-state index contributed by atoms with van der Waals surface area (Å²) in [7, 11) is 1.64. The summed E-state index contributed by atoms with van der Waals surface area (Å²) in [5.74, 6) is 0.781. The molecule has 2 unspecified atom stereocenters. The van der Waals surface area contributed by atoms with Gasteiger partial charge in [0.1, 0.15) is 11.4 Å². The highest BCUT2D eigenvalue weighted by atomic mass is 79.9. The Hall–Kier alpha value is -0.580. The highest BCUT2D eigenvalue weighted by Crippen LogP contribution is 2.34. The van der Waals surface area contributed by atoms with Crippen LogP contribution in [-0.4, -0.2) is 24.8 Å². The van der Waals surface area contributed by atoms with E-state index in [1.54, 1.807) is 7.11 Å². The summed E-state index contributed by atoms with van der Waals surface area (Å²) in [5.41, 5.74) is 0.0650.